The second kappa shape index (κ2) is 10.1. The van der Waals surface area contributed by atoms with Crippen molar-refractivity contribution in [1.29, 1.82) is 0 Å². The minimum Gasteiger partial charge on any atom is -0.493 e. The molecule has 0 saturated heterocycles. The third-order valence-electron chi connectivity index (χ3n) is 4.20. The third kappa shape index (κ3) is 6.09. The molecule has 0 aliphatic rings. The van der Waals surface area contributed by atoms with E-state index in [1.165, 1.54) is 12.8 Å². The van der Waals surface area contributed by atoms with Crippen LogP contribution in [-0.2, 0) is 11.2 Å². The van der Waals surface area contributed by atoms with E-state index in [0.29, 0.717) is 18.1 Å². The van der Waals surface area contributed by atoms with Gasteiger partial charge >= 0.3 is 5.97 Å². The van der Waals surface area contributed by atoms with Crippen LogP contribution in [0.25, 0.3) is 0 Å². The van der Waals surface area contributed by atoms with Gasteiger partial charge < -0.3 is 9.84 Å². The van der Waals surface area contributed by atoms with Crippen LogP contribution in [0.2, 0.25) is 5.02 Å². The number of carboxylic acid groups (broad SMARTS) is 1. The number of halogens is 1. The summed E-state index contributed by atoms with van der Waals surface area (Å²) in [6.45, 7) is 2.81. The van der Waals surface area contributed by atoms with E-state index in [9.17, 15) is 9.90 Å². The Hall–Kier alpha value is -2.00. The quantitative estimate of drug-likeness (QED) is 0.552. The lowest BCUT2D eigenvalue weighted by Crippen LogP contribution is -2.15. The summed E-state index contributed by atoms with van der Waals surface area (Å²) in [4.78, 5) is 11.8. The summed E-state index contributed by atoms with van der Waals surface area (Å²) >= 11 is 6.13. The van der Waals surface area contributed by atoms with Crippen molar-refractivity contribution in [2.75, 3.05) is 6.61 Å². The Bertz CT molecular complexity index is 670. The molecule has 134 valence electrons. The molecule has 1 unspecified atom stereocenters. The van der Waals surface area contributed by atoms with Crippen LogP contribution < -0.4 is 4.74 Å². The molecule has 0 aliphatic carbocycles. The number of rotatable bonds is 10. The van der Waals surface area contributed by atoms with Gasteiger partial charge in [-0.2, -0.15) is 0 Å². The fraction of sp³-hybridized carbons (Fsp3) is 0.381. The van der Waals surface area contributed by atoms with Crippen molar-refractivity contribution in [2.45, 2.75) is 44.9 Å². The van der Waals surface area contributed by atoms with Gasteiger partial charge in [0, 0.05) is 5.02 Å². The number of hydrogen-bond acceptors (Lipinski definition) is 2. The number of aliphatic carboxylic acids is 1. The number of benzene rings is 2. The number of hydrogen-bond donors (Lipinski definition) is 1. The average molecular weight is 361 g/mol. The van der Waals surface area contributed by atoms with Crippen molar-refractivity contribution < 1.29 is 14.6 Å². The van der Waals surface area contributed by atoms with Gasteiger partial charge in [-0.05, 0) is 42.2 Å². The first-order chi connectivity index (χ1) is 12.1. The van der Waals surface area contributed by atoms with E-state index in [1.54, 1.807) is 6.07 Å². The second-order valence-electron chi connectivity index (χ2n) is 6.17. The van der Waals surface area contributed by atoms with Crippen LogP contribution in [0.4, 0.5) is 0 Å². The van der Waals surface area contributed by atoms with Crippen molar-refractivity contribution in [2.24, 2.45) is 0 Å². The van der Waals surface area contributed by atoms with Gasteiger partial charge in [-0.3, -0.25) is 4.79 Å². The molecule has 4 heteroatoms. The maximum Gasteiger partial charge on any atom is 0.311 e. The summed E-state index contributed by atoms with van der Waals surface area (Å²) in [6, 6.07) is 14.7. The Morgan fingerprint density at radius 2 is 1.88 bits per heavy atom. The maximum absolute atomic E-state index is 11.8. The van der Waals surface area contributed by atoms with Crippen LogP contribution in [0.15, 0.2) is 48.5 Å². The number of carboxylic acids is 1. The molecule has 0 saturated carbocycles. The predicted molar refractivity (Wildman–Crippen MR) is 102 cm³/mol. The molecule has 0 bridgehead atoms. The van der Waals surface area contributed by atoms with Gasteiger partial charge in [-0.1, -0.05) is 68.1 Å². The maximum atomic E-state index is 11.8. The SMILES string of the molecule is CCCCCCOc1ccc(Cl)cc1CC(C(=O)O)c1ccccc1. The minimum absolute atomic E-state index is 0.351. The highest BCUT2D eigenvalue weighted by molar-refractivity contribution is 6.30. The highest BCUT2D eigenvalue weighted by atomic mass is 35.5. The molecule has 1 atom stereocenters. The fourth-order valence-corrected chi connectivity index (χ4v) is 3.01. The van der Waals surface area contributed by atoms with Crippen LogP contribution in [0, 0.1) is 0 Å². The predicted octanol–water partition coefficient (Wildman–Crippen LogP) is 5.71. The number of ether oxygens (including phenoxy) is 1. The van der Waals surface area contributed by atoms with Crippen LogP contribution in [0.5, 0.6) is 5.75 Å². The van der Waals surface area contributed by atoms with Crippen LogP contribution in [0.3, 0.4) is 0 Å². The molecule has 25 heavy (non-hydrogen) atoms. The molecule has 0 heterocycles. The Morgan fingerprint density at radius 1 is 1.12 bits per heavy atom. The third-order valence-corrected chi connectivity index (χ3v) is 4.44. The summed E-state index contributed by atoms with van der Waals surface area (Å²) in [5.41, 5.74) is 1.61. The zero-order valence-corrected chi connectivity index (χ0v) is 15.3. The normalized spacial score (nSPS) is 11.9. The Balaban J connectivity index is 2.13. The average Bonchev–Trinajstić information content (AvgIpc) is 2.61. The Kier molecular flexibility index (Phi) is 7.80. The summed E-state index contributed by atoms with van der Waals surface area (Å²) in [5, 5.41) is 10.2. The number of unbranched alkanes of at least 4 members (excludes halogenated alkanes) is 3. The molecular weight excluding hydrogens is 336 g/mol. The molecule has 0 aromatic heterocycles. The molecule has 3 nitrogen and oxygen atoms in total. The van der Waals surface area contributed by atoms with Gasteiger partial charge in [0.2, 0.25) is 0 Å². The Morgan fingerprint density at radius 3 is 2.56 bits per heavy atom. The molecule has 2 rings (SSSR count). The first-order valence-electron chi connectivity index (χ1n) is 8.80. The highest BCUT2D eigenvalue weighted by Crippen LogP contribution is 2.29. The zero-order chi connectivity index (χ0) is 18.1. The van der Waals surface area contributed by atoms with Crippen molar-refractivity contribution in [3.63, 3.8) is 0 Å². The minimum atomic E-state index is -0.847. The molecule has 2 aromatic carbocycles. The van der Waals surface area contributed by atoms with E-state index in [-0.39, 0.29) is 0 Å². The second-order valence-corrected chi connectivity index (χ2v) is 6.60. The smallest absolute Gasteiger partial charge is 0.311 e. The van der Waals surface area contributed by atoms with Gasteiger partial charge in [0.15, 0.2) is 0 Å². The van der Waals surface area contributed by atoms with Crippen molar-refractivity contribution in [1.82, 2.24) is 0 Å². The molecule has 0 fully saturated rings. The largest absolute Gasteiger partial charge is 0.493 e. The molecule has 2 aromatic rings. The molecule has 0 aliphatic heterocycles. The van der Waals surface area contributed by atoms with Crippen LogP contribution in [-0.4, -0.2) is 17.7 Å². The molecule has 1 N–H and O–H groups in total. The van der Waals surface area contributed by atoms with E-state index >= 15 is 0 Å². The summed E-state index contributed by atoms with van der Waals surface area (Å²) < 4.78 is 5.90. The van der Waals surface area contributed by atoms with Crippen molar-refractivity contribution in [3.05, 3.63) is 64.7 Å². The lowest BCUT2D eigenvalue weighted by atomic mass is 9.91. The number of carbonyl (C=O) groups is 1. The zero-order valence-electron chi connectivity index (χ0n) is 14.6. The lowest BCUT2D eigenvalue weighted by molar-refractivity contribution is -0.138. The monoisotopic (exact) mass is 360 g/mol. The molecule has 0 amide bonds. The van der Waals surface area contributed by atoms with E-state index in [1.807, 2.05) is 42.5 Å². The summed E-state index contributed by atoms with van der Waals surface area (Å²) in [7, 11) is 0. The highest BCUT2D eigenvalue weighted by Gasteiger charge is 2.22. The summed E-state index contributed by atoms with van der Waals surface area (Å²) in [5.74, 6) is -0.745. The van der Waals surface area contributed by atoms with Gasteiger partial charge in [0.1, 0.15) is 5.75 Å². The van der Waals surface area contributed by atoms with Crippen molar-refractivity contribution in [3.8, 4) is 5.75 Å². The first kappa shape index (κ1) is 19.3. The summed E-state index contributed by atoms with van der Waals surface area (Å²) in [6.07, 6.45) is 4.87. The first-order valence-corrected chi connectivity index (χ1v) is 9.18. The van der Waals surface area contributed by atoms with Crippen LogP contribution >= 0.6 is 11.6 Å². The molecule has 0 spiro atoms. The van der Waals surface area contributed by atoms with Gasteiger partial charge in [-0.15, -0.1) is 0 Å². The topological polar surface area (TPSA) is 46.5 Å². The van der Waals surface area contributed by atoms with Gasteiger partial charge in [-0.25, -0.2) is 0 Å². The Labute approximate surface area is 154 Å². The van der Waals surface area contributed by atoms with E-state index in [4.69, 9.17) is 16.3 Å². The molecule has 0 radical (unpaired) electrons. The van der Waals surface area contributed by atoms with Crippen molar-refractivity contribution >= 4 is 17.6 Å². The van der Waals surface area contributed by atoms with E-state index in [0.717, 1.165) is 29.7 Å². The van der Waals surface area contributed by atoms with Gasteiger partial charge in [0.05, 0.1) is 12.5 Å². The fourth-order valence-electron chi connectivity index (χ4n) is 2.81. The molecular formula is C21H25ClO3. The lowest BCUT2D eigenvalue weighted by Gasteiger charge is -2.17. The standard InChI is InChI=1S/C21H25ClO3/c1-2-3-4-8-13-25-20-12-11-18(22)14-17(20)15-19(21(23)24)16-9-6-5-7-10-16/h5-7,9-12,14,19H,2-4,8,13,15H2,1H3,(H,23,24). The van der Waals surface area contributed by atoms with E-state index < -0.39 is 11.9 Å². The van der Waals surface area contributed by atoms with Crippen LogP contribution in [0.1, 0.15) is 49.7 Å². The van der Waals surface area contributed by atoms with Gasteiger partial charge in [0.25, 0.3) is 0 Å². The van der Waals surface area contributed by atoms with E-state index in [2.05, 4.69) is 6.92 Å².